The van der Waals surface area contributed by atoms with E-state index in [9.17, 15) is 4.79 Å². The van der Waals surface area contributed by atoms with Crippen LogP contribution in [-0.4, -0.2) is 18.7 Å². The summed E-state index contributed by atoms with van der Waals surface area (Å²) in [5.74, 6) is 0. The fourth-order valence-corrected chi connectivity index (χ4v) is 2.59. The zero-order valence-corrected chi connectivity index (χ0v) is 13.9. The van der Waals surface area contributed by atoms with Crippen LogP contribution in [0, 0.1) is 0 Å². The van der Waals surface area contributed by atoms with Gasteiger partial charge in [-0.15, -0.1) is 0 Å². The lowest BCUT2D eigenvalue weighted by atomic mass is 10.0. The Morgan fingerprint density at radius 1 is 1.35 bits per heavy atom. The minimum absolute atomic E-state index is 0.00888. The lowest BCUT2D eigenvalue weighted by molar-refractivity contribution is 0.0635. The third kappa shape index (κ3) is 3.52. The third-order valence-electron chi connectivity index (χ3n) is 3.36. The predicted octanol–water partition coefficient (Wildman–Crippen LogP) is 4.00. The van der Waals surface area contributed by atoms with Gasteiger partial charge in [-0.05, 0) is 58.4 Å². The monoisotopic (exact) mass is 340 g/mol. The highest BCUT2D eigenvalue weighted by Gasteiger charge is 2.44. The van der Waals surface area contributed by atoms with Crippen molar-refractivity contribution in [3.63, 3.8) is 0 Å². The van der Waals surface area contributed by atoms with Crippen molar-refractivity contribution in [3.8, 4) is 0 Å². The second kappa shape index (κ2) is 5.37. The van der Waals surface area contributed by atoms with E-state index in [1.807, 2.05) is 46.0 Å². The molecule has 1 amide bonds. The number of carbonyl (C=O) groups is 1. The number of hydrogen-bond donors (Lipinski definition) is 2. The first-order chi connectivity index (χ1) is 9.26. The van der Waals surface area contributed by atoms with Gasteiger partial charge >= 0.3 is 6.09 Å². The number of anilines is 1. The summed E-state index contributed by atoms with van der Waals surface area (Å²) in [4.78, 5) is 12.0. The minimum atomic E-state index is -0.503. The maximum atomic E-state index is 12.0. The quantitative estimate of drug-likeness (QED) is 0.874. The molecule has 0 bridgehead atoms. The molecule has 1 saturated carbocycles. The molecule has 2 N–H and O–H groups in total. The predicted molar refractivity (Wildman–Crippen MR) is 84.0 cm³/mol. The van der Waals surface area contributed by atoms with Crippen LogP contribution in [0.3, 0.4) is 0 Å². The summed E-state index contributed by atoms with van der Waals surface area (Å²) in [7, 11) is 1.95. The molecule has 1 aromatic rings. The summed E-state index contributed by atoms with van der Waals surface area (Å²) in [6, 6.07) is 5.95. The Morgan fingerprint density at radius 2 is 2.00 bits per heavy atom. The van der Waals surface area contributed by atoms with E-state index in [1.54, 1.807) is 0 Å². The van der Waals surface area contributed by atoms with Crippen LogP contribution in [0.1, 0.15) is 39.2 Å². The Morgan fingerprint density at radius 3 is 2.50 bits per heavy atom. The van der Waals surface area contributed by atoms with E-state index in [4.69, 9.17) is 4.74 Å². The van der Waals surface area contributed by atoms with Crippen molar-refractivity contribution in [2.75, 3.05) is 12.4 Å². The number of benzene rings is 1. The lowest BCUT2D eigenvalue weighted by Crippen LogP contribution is -2.30. The van der Waals surface area contributed by atoms with Crippen molar-refractivity contribution in [3.05, 3.63) is 28.2 Å². The van der Waals surface area contributed by atoms with Crippen molar-refractivity contribution < 1.29 is 9.53 Å². The highest BCUT2D eigenvalue weighted by Crippen LogP contribution is 2.48. The molecular formula is C15H21BrN2O2. The molecule has 1 aromatic carbocycles. The number of ether oxygens (including phenoxy) is 1. The molecule has 20 heavy (non-hydrogen) atoms. The first kappa shape index (κ1) is 15.3. The van der Waals surface area contributed by atoms with Gasteiger partial charge in [0.05, 0.1) is 5.69 Å². The van der Waals surface area contributed by atoms with Crippen molar-refractivity contribution in [2.24, 2.45) is 0 Å². The van der Waals surface area contributed by atoms with Crippen LogP contribution >= 0.6 is 15.9 Å². The molecule has 0 heterocycles. The second-order valence-electron chi connectivity index (χ2n) is 6.15. The highest BCUT2D eigenvalue weighted by molar-refractivity contribution is 9.10. The molecular weight excluding hydrogens is 320 g/mol. The Balaban J connectivity index is 2.23. The van der Waals surface area contributed by atoms with E-state index < -0.39 is 11.7 Å². The Kier molecular flexibility index (Phi) is 4.12. The zero-order chi connectivity index (χ0) is 15.0. The average Bonchev–Trinajstić information content (AvgIpc) is 3.07. The van der Waals surface area contributed by atoms with Gasteiger partial charge in [0.2, 0.25) is 0 Å². The van der Waals surface area contributed by atoms with Crippen LogP contribution in [0.2, 0.25) is 0 Å². The van der Waals surface area contributed by atoms with Gasteiger partial charge in [0.15, 0.2) is 0 Å². The van der Waals surface area contributed by atoms with Crippen LogP contribution in [-0.2, 0) is 10.3 Å². The smallest absolute Gasteiger partial charge is 0.412 e. The Labute approximate surface area is 128 Å². The van der Waals surface area contributed by atoms with Crippen molar-refractivity contribution in [1.82, 2.24) is 5.32 Å². The maximum absolute atomic E-state index is 12.0. The van der Waals surface area contributed by atoms with Gasteiger partial charge in [-0.2, -0.15) is 0 Å². The third-order valence-corrected chi connectivity index (χ3v) is 3.85. The van der Waals surface area contributed by atoms with Crippen molar-refractivity contribution in [1.29, 1.82) is 0 Å². The topological polar surface area (TPSA) is 50.4 Å². The molecule has 1 aliphatic rings. The molecule has 110 valence electrons. The number of hydrogen-bond acceptors (Lipinski definition) is 3. The number of rotatable bonds is 3. The summed E-state index contributed by atoms with van der Waals surface area (Å²) in [5, 5.41) is 6.20. The number of carbonyl (C=O) groups excluding carboxylic acids is 1. The summed E-state index contributed by atoms with van der Waals surface area (Å²) < 4.78 is 6.25. The van der Waals surface area contributed by atoms with Crippen LogP contribution in [0.5, 0.6) is 0 Å². The van der Waals surface area contributed by atoms with E-state index in [0.717, 1.165) is 28.6 Å². The molecule has 1 aliphatic carbocycles. The van der Waals surface area contributed by atoms with Gasteiger partial charge in [0.25, 0.3) is 0 Å². The molecule has 5 heteroatoms. The van der Waals surface area contributed by atoms with E-state index in [1.165, 1.54) is 0 Å². The standard InChI is InChI=1S/C15H21BrN2O2/c1-14(2,3)20-13(19)18-12-9-10(16)5-6-11(12)15(17-4)7-8-15/h5-6,9,17H,7-8H2,1-4H3,(H,18,19). The molecule has 4 nitrogen and oxygen atoms in total. The van der Waals surface area contributed by atoms with Crippen LogP contribution < -0.4 is 10.6 Å². The summed E-state index contributed by atoms with van der Waals surface area (Å²) in [5.41, 5.74) is 1.39. The van der Waals surface area contributed by atoms with Gasteiger partial charge < -0.3 is 10.1 Å². The molecule has 0 aromatic heterocycles. The van der Waals surface area contributed by atoms with Gasteiger partial charge in [-0.3, -0.25) is 5.32 Å². The second-order valence-corrected chi connectivity index (χ2v) is 7.06. The number of nitrogens with one attached hydrogen (secondary N) is 2. The molecule has 0 radical (unpaired) electrons. The molecule has 1 fully saturated rings. The fraction of sp³-hybridized carbons (Fsp3) is 0.533. The Bertz CT molecular complexity index is 519. The van der Waals surface area contributed by atoms with Crippen LogP contribution in [0.15, 0.2) is 22.7 Å². The lowest BCUT2D eigenvalue weighted by Gasteiger charge is -2.23. The van der Waals surface area contributed by atoms with Gasteiger partial charge in [0.1, 0.15) is 5.60 Å². The van der Waals surface area contributed by atoms with Crippen LogP contribution in [0.4, 0.5) is 10.5 Å². The molecule has 0 saturated heterocycles. The molecule has 0 unspecified atom stereocenters. The van der Waals surface area contributed by atoms with E-state index in [0.29, 0.717) is 0 Å². The van der Waals surface area contributed by atoms with Gasteiger partial charge in [-0.1, -0.05) is 22.0 Å². The zero-order valence-electron chi connectivity index (χ0n) is 12.3. The SMILES string of the molecule is CNC1(c2ccc(Br)cc2NC(=O)OC(C)(C)C)CC1. The number of halogens is 1. The van der Waals surface area contributed by atoms with E-state index in [-0.39, 0.29) is 5.54 Å². The van der Waals surface area contributed by atoms with Crippen molar-refractivity contribution in [2.45, 2.75) is 44.8 Å². The van der Waals surface area contributed by atoms with E-state index in [2.05, 4.69) is 26.6 Å². The fourth-order valence-electron chi connectivity index (χ4n) is 2.23. The number of amides is 1. The van der Waals surface area contributed by atoms with Crippen molar-refractivity contribution >= 4 is 27.7 Å². The minimum Gasteiger partial charge on any atom is -0.444 e. The first-order valence-corrected chi connectivity index (χ1v) is 7.54. The van der Waals surface area contributed by atoms with Gasteiger partial charge in [0, 0.05) is 10.0 Å². The normalized spacial score (nSPS) is 16.6. The first-order valence-electron chi connectivity index (χ1n) is 6.75. The average molecular weight is 341 g/mol. The van der Waals surface area contributed by atoms with Gasteiger partial charge in [-0.25, -0.2) is 4.79 Å². The summed E-state index contributed by atoms with van der Waals surface area (Å²) in [6.45, 7) is 5.55. The summed E-state index contributed by atoms with van der Waals surface area (Å²) in [6.07, 6.45) is 1.73. The highest BCUT2D eigenvalue weighted by atomic mass is 79.9. The molecule has 0 spiro atoms. The van der Waals surface area contributed by atoms with E-state index >= 15 is 0 Å². The molecule has 0 aliphatic heterocycles. The van der Waals surface area contributed by atoms with Crippen LogP contribution in [0.25, 0.3) is 0 Å². The largest absolute Gasteiger partial charge is 0.444 e. The summed E-state index contributed by atoms with van der Waals surface area (Å²) >= 11 is 3.44. The Hall–Kier alpha value is -1.07. The molecule has 0 atom stereocenters. The maximum Gasteiger partial charge on any atom is 0.412 e. The molecule has 2 rings (SSSR count).